The van der Waals surface area contributed by atoms with E-state index in [2.05, 4.69) is 43.9 Å². The molecule has 1 heterocycles. The Morgan fingerprint density at radius 2 is 2.00 bits per heavy atom. The first-order valence-corrected chi connectivity index (χ1v) is 8.65. The highest BCUT2D eigenvalue weighted by Gasteiger charge is 2.18. The fourth-order valence-corrected chi connectivity index (χ4v) is 3.48. The van der Waals surface area contributed by atoms with Gasteiger partial charge in [0.25, 0.3) is 0 Å². The molecule has 2 N–H and O–H groups in total. The number of nitrogens with zero attached hydrogens (tertiary/aromatic N) is 1. The van der Waals surface area contributed by atoms with Crippen LogP contribution >= 0.6 is 0 Å². The number of hydrogen-bond acceptors (Lipinski definition) is 2. The SMILES string of the molecule is CCCC1CCCN(CC(N)c2ccc(C)c(C)c2)CC1. The van der Waals surface area contributed by atoms with Gasteiger partial charge in [-0.2, -0.15) is 0 Å². The molecule has 0 saturated carbocycles. The van der Waals surface area contributed by atoms with Crippen molar-refractivity contribution in [3.63, 3.8) is 0 Å². The highest BCUT2D eigenvalue weighted by atomic mass is 15.1. The van der Waals surface area contributed by atoms with Crippen molar-refractivity contribution < 1.29 is 0 Å². The molecule has 2 atom stereocenters. The number of rotatable bonds is 5. The summed E-state index contributed by atoms with van der Waals surface area (Å²) >= 11 is 0. The van der Waals surface area contributed by atoms with E-state index in [-0.39, 0.29) is 6.04 Å². The van der Waals surface area contributed by atoms with Crippen molar-refractivity contribution in [3.05, 3.63) is 34.9 Å². The Morgan fingerprint density at radius 3 is 2.71 bits per heavy atom. The summed E-state index contributed by atoms with van der Waals surface area (Å²) in [5.41, 5.74) is 10.4. The lowest BCUT2D eigenvalue weighted by Crippen LogP contribution is -2.33. The van der Waals surface area contributed by atoms with Gasteiger partial charge in [0.15, 0.2) is 0 Å². The third-order valence-electron chi connectivity index (χ3n) is 5.05. The van der Waals surface area contributed by atoms with E-state index in [1.54, 1.807) is 0 Å². The number of nitrogens with two attached hydrogens (primary N) is 1. The molecule has 0 aliphatic carbocycles. The molecule has 0 spiro atoms. The highest BCUT2D eigenvalue weighted by Crippen LogP contribution is 2.23. The van der Waals surface area contributed by atoms with Crippen LogP contribution in [-0.2, 0) is 0 Å². The molecule has 1 aromatic rings. The van der Waals surface area contributed by atoms with Crippen LogP contribution in [0.1, 0.15) is 61.8 Å². The van der Waals surface area contributed by atoms with E-state index < -0.39 is 0 Å². The summed E-state index contributed by atoms with van der Waals surface area (Å²) in [5, 5.41) is 0. The quantitative estimate of drug-likeness (QED) is 0.879. The van der Waals surface area contributed by atoms with Gasteiger partial charge in [0, 0.05) is 12.6 Å². The van der Waals surface area contributed by atoms with Gasteiger partial charge in [-0.25, -0.2) is 0 Å². The molecule has 1 aromatic carbocycles. The number of benzene rings is 1. The number of aryl methyl sites for hydroxylation is 2. The molecule has 0 bridgehead atoms. The molecule has 1 aliphatic heterocycles. The van der Waals surface area contributed by atoms with E-state index in [0.29, 0.717) is 0 Å². The fourth-order valence-electron chi connectivity index (χ4n) is 3.48. The summed E-state index contributed by atoms with van der Waals surface area (Å²) < 4.78 is 0. The minimum absolute atomic E-state index is 0.145. The van der Waals surface area contributed by atoms with Crippen molar-refractivity contribution >= 4 is 0 Å². The summed E-state index contributed by atoms with van der Waals surface area (Å²) in [5.74, 6) is 0.942. The molecule has 118 valence electrons. The van der Waals surface area contributed by atoms with Crippen LogP contribution in [0.2, 0.25) is 0 Å². The molecule has 1 saturated heterocycles. The highest BCUT2D eigenvalue weighted by molar-refractivity contribution is 5.31. The van der Waals surface area contributed by atoms with E-state index >= 15 is 0 Å². The second-order valence-electron chi connectivity index (χ2n) is 6.84. The second kappa shape index (κ2) is 7.95. The Balaban J connectivity index is 1.90. The van der Waals surface area contributed by atoms with Crippen molar-refractivity contribution in [1.29, 1.82) is 0 Å². The third kappa shape index (κ3) is 4.82. The zero-order valence-electron chi connectivity index (χ0n) is 14.1. The minimum Gasteiger partial charge on any atom is -0.323 e. The van der Waals surface area contributed by atoms with Crippen LogP contribution in [0.5, 0.6) is 0 Å². The predicted molar refractivity (Wildman–Crippen MR) is 91.5 cm³/mol. The van der Waals surface area contributed by atoms with Crippen molar-refractivity contribution in [2.45, 2.75) is 58.9 Å². The maximum Gasteiger partial charge on any atom is 0.0424 e. The van der Waals surface area contributed by atoms with E-state index in [1.807, 2.05) is 0 Å². The van der Waals surface area contributed by atoms with E-state index in [9.17, 15) is 0 Å². The first-order chi connectivity index (χ1) is 10.1. The van der Waals surface area contributed by atoms with Crippen LogP contribution in [0, 0.1) is 19.8 Å². The Hall–Kier alpha value is -0.860. The first kappa shape index (κ1) is 16.5. The van der Waals surface area contributed by atoms with Crippen LogP contribution in [0.15, 0.2) is 18.2 Å². The standard InChI is InChI=1S/C19H32N2/c1-4-6-17-7-5-11-21(12-10-17)14-19(20)18-9-8-15(2)16(3)13-18/h8-9,13,17,19H,4-7,10-12,14,20H2,1-3H3. The van der Waals surface area contributed by atoms with Gasteiger partial charge < -0.3 is 10.6 Å². The maximum absolute atomic E-state index is 6.45. The number of likely N-dealkylation sites (tertiary alicyclic amines) is 1. The summed E-state index contributed by atoms with van der Waals surface area (Å²) in [6.45, 7) is 10.1. The molecule has 1 fully saturated rings. The van der Waals surface area contributed by atoms with Crippen LogP contribution in [0.3, 0.4) is 0 Å². The van der Waals surface area contributed by atoms with Crippen LogP contribution in [0.25, 0.3) is 0 Å². The van der Waals surface area contributed by atoms with Crippen molar-refractivity contribution in [1.82, 2.24) is 4.90 Å². The molecule has 2 unspecified atom stereocenters. The average molecular weight is 288 g/mol. The van der Waals surface area contributed by atoms with E-state index in [0.717, 1.165) is 12.5 Å². The molecule has 2 nitrogen and oxygen atoms in total. The van der Waals surface area contributed by atoms with E-state index in [1.165, 1.54) is 61.9 Å². The lowest BCUT2D eigenvalue weighted by molar-refractivity contribution is 0.263. The van der Waals surface area contributed by atoms with Crippen molar-refractivity contribution in [2.24, 2.45) is 11.7 Å². The summed E-state index contributed by atoms with van der Waals surface area (Å²) in [6, 6.07) is 6.80. The molecule has 0 amide bonds. The van der Waals surface area contributed by atoms with Gasteiger partial charge in [-0.1, -0.05) is 38.0 Å². The smallest absolute Gasteiger partial charge is 0.0424 e. The van der Waals surface area contributed by atoms with Gasteiger partial charge in [-0.3, -0.25) is 0 Å². The van der Waals surface area contributed by atoms with Gasteiger partial charge >= 0.3 is 0 Å². The molecular weight excluding hydrogens is 256 g/mol. The lowest BCUT2D eigenvalue weighted by atomic mass is 9.96. The Kier molecular flexibility index (Phi) is 6.25. The summed E-state index contributed by atoms with van der Waals surface area (Å²) in [7, 11) is 0. The Bertz CT molecular complexity index is 441. The number of hydrogen-bond donors (Lipinski definition) is 1. The topological polar surface area (TPSA) is 29.3 Å². The second-order valence-corrected chi connectivity index (χ2v) is 6.84. The Morgan fingerprint density at radius 1 is 1.19 bits per heavy atom. The molecule has 0 aromatic heterocycles. The predicted octanol–water partition coefficient (Wildman–Crippen LogP) is 4.21. The van der Waals surface area contributed by atoms with Gasteiger partial charge in [0.1, 0.15) is 0 Å². The van der Waals surface area contributed by atoms with E-state index in [4.69, 9.17) is 5.73 Å². The molecular formula is C19H32N2. The molecule has 21 heavy (non-hydrogen) atoms. The minimum atomic E-state index is 0.145. The summed E-state index contributed by atoms with van der Waals surface area (Å²) in [6.07, 6.45) is 6.82. The largest absolute Gasteiger partial charge is 0.323 e. The van der Waals surface area contributed by atoms with Crippen LogP contribution in [-0.4, -0.2) is 24.5 Å². The van der Waals surface area contributed by atoms with Crippen LogP contribution in [0.4, 0.5) is 0 Å². The maximum atomic E-state index is 6.45. The van der Waals surface area contributed by atoms with Gasteiger partial charge in [-0.05, 0) is 68.8 Å². The molecule has 0 radical (unpaired) electrons. The lowest BCUT2D eigenvalue weighted by Gasteiger charge is -2.24. The zero-order chi connectivity index (χ0) is 15.2. The van der Waals surface area contributed by atoms with Gasteiger partial charge in [-0.15, -0.1) is 0 Å². The molecule has 1 aliphatic rings. The fraction of sp³-hybridized carbons (Fsp3) is 0.684. The molecule has 2 heteroatoms. The summed E-state index contributed by atoms with van der Waals surface area (Å²) in [4.78, 5) is 2.58. The zero-order valence-corrected chi connectivity index (χ0v) is 14.1. The van der Waals surface area contributed by atoms with Crippen LogP contribution < -0.4 is 5.73 Å². The normalized spacial score (nSPS) is 22.0. The monoisotopic (exact) mass is 288 g/mol. The van der Waals surface area contributed by atoms with Crippen molar-refractivity contribution in [3.8, 4) is 0 Å². The van der Waals surface area contributed by atoms with Gasteiger partial charge in [0.05, 0.1) is 0 Å². The third-order valence-corrected chi connectivity index (χ3v) is 5.05. The first-order valence-electron chi connectivity index (χ1n) is 8.65. The van der Waals surface area contributed by atoms with Crippen molar-refractivity contribution in [2.75, 3.05) is 19.6 Å². The Labute approximate surface area is 130 Å². The average Bonchev–Trinajstić information content (AvgIpc) is 2.68. The molecule has 2 rings (SSSR count). The van der Waals surface area contributed by atoms with Gasteiger partial charge in [0.2, 0.25) is 0 Å².